The summed E-state index contributed by atoms with van der Waals surface area (Å²) in [7, 11) is 0. The minimum Gasteiger partial charge on any atom is -0.486 e. The highest BCUT2D eigenvalue weighted by Crippen LogP contribution is 2.29. The molecule has 1 amide bonds. The Bertz CT molecular complexity index is 756. The van der Waals surface area contributed by atoms with Crippen molar-refractivity contribution in [2.24, 2.45) is 11.8 Å². The Hall–Kier alpha value is -1.53. The van der Waals surface area contributed by atoms with Crippen LogP contribution in [0.5, 0.6) is 5.75 Å². The normalized spacial score (nSPS) is 16.7. The van der Waals surface area contributed by atoms with Crippen LogP contribution in [0.3, 0.4) is 0 Å². The highest BCUT2D eigenvalue weighted by atomic mass is 35.5. The molecule has 0 bridgehead atoms. The number of carbonyl (C=O) groups is 1. The van der Waals surface area contributed by atoms with E-state index >= 15 is 0 Å². The SMILES string of the molecule is CC(CC(=O)Nc1ccc(OCc2ccccn2)c(Cl)c1)C1CCCNC1.Cl.Cl. The Kier molecular flexibility index (Phi) is 11.4. The van der Waals surface area contributed by atoms with E-state index in [1.165, 1.54) is 12.8 Å². The molecule has 0 spiro atoms. The van der Waals surface area contributed by atoms with Gasteiger partial charge in [-0.2, -0.15) is 0 Å². The molecule has 8 heteroatoms. The van der Waals surface area contributed by atoms with Crippen LogP contribution in [0.4, 0.5) is 5.69 Å². The van der Waals surface area contributed by atoms with Crippen LogP contribution < -0.4 is 15.4 Å². The molecule has 1 saturated heterocycles. The van der Waals surface area contributed by atoms with Crippen molar-refractivity contribution >= 4 is 48.0 Å². The standard InChI is InChI=1S/C21H26ClN3O2.2ClH/c1-15(16-5-4-9-23-13-16)11-21(26)25-17-7-8-20(19(22)12-17)27-14-18-6-2-3-10-24-18;;/h2-3,6-8,10,12,15-16,23H,4-5,9,11,13-14H2,1H3,(H,25,26);2*1H. The maximum Gasteiger partial charge on any atom is 0.224 e. The largest absolute Gasteiger partial charge is 0.486 e. The van der Waals surface area contributed by atoms with E-state index in [2.05, 4.69) is 22.5 Å². The Morgan fingerprint density at radius 3 is 2.83 bits per heavy atom. The van der Waals surface area contributed by atoms with Gasteiger partial charge in [-0.25, -0.2) is 0 Å². The molecular weight excluding hydrogens is 433 g/mol. The topological polar surface area (TPSA) is 63.2 Å². The predicted octanol–water partition coefficient (Wildman–Crippen LogP) is 5.12. The molecule has 2 aromatic rings. The molecule has 3 rings (SSSR count). The number of hydrogen-bond donors (Lipinski definition) is 2. The first-order valence-electron chi connectivity index (χ1n) is 9.44. The Morgan fingerprint density at radius 2 is 2.17 bits per heavy atom. The van der Waals surface area contributed by atoms with E-state index in [-0.39, 0.29) is 30.7 Å². The molecule has 0 saturated carbocycles. The van der Waals surface area contributed by atoms with E-state index in [0.717, 1.165) is 18.8 Å². The number of anilines is 1. The van der Waals surface area contributed by atoms with Crippen LogP contribution in [0.15, 0.2) is 42.6 Å². The number of hydrogen-bond acceptors (Lipinski definition) is 4. The second-order valence-corrected chi connectivity index (χ2v) is 7.50. The second-order valence-electron chi connectivity index (χ2n) is 7.09. The molecule has 1 aliphatic rings. The lowest BCUT2D eigenvalue weighted by Crippen LogP contribution is -2.34. The molecule has 1 fully saturated rings. The molecule has 2 unspecified atom stereocenters. The maximum atomic E-state index is 12.4. The molecule has 160 valence electrons. The van der Waals surface area contributed by atoms with Gasteiger partial charge in [-0.1, -0.05) is 24.6 Å². The van der Waals surface area contributed by atoms with Crippen molar-refractivity contribution in [3.63, 3.8) is 0 Å². The summed E-state index contributed by atoms with van der Waals surface area (Å²) in [5.41, 5.74) is 1.52. The van der Waals surface area contributed by atoms with Crippen molar-refractivity contribution in [1.82, 2.24) is 10.3 Å². The average Bonchev–Trinajstić information content (AvgIpc) is 2.68. The first-order chi connectivity index (χ1) is 13.1. The maximum absolute atomic E-state index is 12.4. The molecule has 1 aromatic heterocycles. The van der Waals surface area contributed by atoms with Crippen LogP contribution in [0, 0.1) is 11.8 Å². The van der Waals surface area contributed by atoms with E-state index in [9.17, 15) is 4.79 Å². The molecule has 1 aliphatic heterocycles. The van der Waals surface area contributed by atoms with E-state index in [1.807, 2.05) is 24.3 Å². The third kappa shape index (κ3) is 8.01. The van der Waals surface area contributed by atoms with Gasteiger partial charge in [0.25, 0.3) is 0 Å². The molecule has 2 atom stereocenters. The van der Waals surface area contributed by atoms with Crippen LogP contribution in [-0.2, 0) is 11.4 Å². The highest BCUT2D eigenvalue weighted by molar-refractivity contribution is 6.32. The van der Waals surface area contributed by atoms with Crippen molar-refractivity contribution in [3.05, 3.63) is 53.3 Å². The summed E-state index contributed by atoms with van der Waals surface area (Å²) in [6, 6.07) is 11.0. The number of aromatic nitrogens is 1. The minimum atomic E-state index is 0. The number of carbonyl (C=O) groups excluding carboxylic acids is 1. The number of nitrogens with one attached hydrogen (secondary N) is 2. The van der Waals surface area contributed by atoms with Gasteiger partial charge in [-0.3, -0.25) is 9.78 Å². The number of piperidine rings is 1. The first kappa shape index (κ1) is 25.5. The summed E-state index contributed by atoms with van der Waals surface area (Å²) in [6.45, 7) is 4.59. The highest BCUT2D eigenvalue weighted by Gasteiger charge is 2.22. The van der Waals surface area contributed by atoms with Gasteiger partial charge in [0.15, 0.2) is 0 Å². The van der Waals surface area contributed by atoms with Crippen molar-refractivity contribution in [3.8, 4) is 5.75 Å². The Morgan fingerprint density at radius 1 is 1.34 bits per heavy atom. The van der Waals surface area contributed by atoms with Gasteiger partial charge in [-0.15, -0.1) is 24.8 Å². The summed E-state index contributed by atoms with van der Waals surface area (Å²) in [6.07, 6.45) is 4.62. The third-order valence-corrected chi connectivity index (χ3v) is 5.26. The van der Waals surface area contributed by atoms with Crippen molar-refractivity contribution in [2.75, 3.05) is 18.4 Å². The summed E-state index contributed by atoms with van der Waals surface area (Å²) >= 11 is 6.30. The van der Waals surface area contributed by atoms with Crippen LogP contribution >= 0.6 is 36.4 Å². The summed E-state index contributed by atoms with van der Waals surface area (Å²) in [5.74, 6) is 1.51. The molecular formula is C21H28Cl3N3O2. The van der Waals surface area contributed by atoms with Crippen molar-refractivity contribution < 1.29 is 9.53 Å². The van der Waals surface area contributed by atoms with E-state index < -0.39 is 0 Å². The van der Waals surface area contributed by atoms with Gasteiger partial charge in [0.1, 0.15) is 12.4 Å². The fourth-order valence-electron chi connectivity index (χ4n) is 3.37. The first-order valence-corrected chi connectivity index (χ1v) is 9.82. The zero-order chi connectivity index (χ0) is 19.1. The zero-order valence-electron chi connectivity index (χ0n) is 16.4. The van der Waals surface area contributed by atoms with Crippen LogP contribution in [0.1, 0.15) is 31.9 Å². The Balaban J connectivity index is 0.00000210. The lowest BCUT2D eigenvalue weighted by Gasteiger charge is -2.28. The van der Waals surface area contributed by atoms with Gasteiger partial charge in [0.2, 0.25) is 5.91 Å². The number of benzene rings is 1. The predicted molar refractivity (Wildman–Crippen MR) is 123 cm³/mol. The van der Waals surface area contributed by atoms with Gasteiger partial charge >= 0.3 is 0 Å². The molecule has 0 aliphatic carbocycles. The third-order valence-electron chi connectivity index (χ3n) is 4.96. The molecule has 1 aromatic carbocycles. The quantitative estimate of drug-likeness (QED) is 0.602. The molecule has 0 radical (unpaired) electrons. The summed E-state index contributed by atoms with van der Waals surface area (Å²) in [5, 5.41) is 6.82. The van der Waals surface area contributed by atoms with E-state index in [4.69, 9.17) is 16.3 Å². The van der Waals surface area contributed by atoms with Crippen LogP contribution in [0.2, 0.25) is 5.02 Å². The van der Waals surface area contributed by atoms with Crippen molar-refractivity contribution in [1.29, 1.82) is 0 Å². The molecule has 2 N–H and O–H groups in total. The number of nitrogens with zero attached hydrogens (tertiary/aromatic N) is 1. The number of amides is 1. The summed E-state index contributed by atoms with van der Waals surface area (Å²) in [4.78, 5) is 16.6. The fraction of sp³-hybridized carbons (Fsp3) is 0.429. The lowest BCUT2D eigenvalue weighted by molar-refractivity contribution is -0.117. The second kappa shape index (κ2) is 12.9. The van der Waals surface area contributed by atoms with Crippen LogP contribution in [-0.4, -0.2) is 24.0 Å². The lowest BCUT2D eigenvalue weighted by atomic mass is 9.85. The van der Waals surface area contributed by atoms with Gasteiger partial charge in [0, 0.05) is 18.3 Å². The van der Waals surface area contributed by atoms with E-state index in [1.54, 1.807) is 18.3 Å². The van der Waals surface area contributed by atoms with Gasteiger partial charge in [0.05, 0.1) is 10.7 Å². The molecule has 5 nitrogen and oxygen atoms in total. The smallest absolute Gasteiger partial charge is 0.224 e. The Labute approximate surface area is 189 Å². The van der Waals surface area contributed by atoms with Crippen LogP contribution in [0.25, 0.3) is 0 Å². The average molecular weight is 461 g/mol. The molecule has 29 heavy (non-hydrogen) atoms. The van der Waals surface area contributed by atoms with Gasteiger partial charge < -0.3 is 15.4 Å². The van der Waals surface area contributed by atoms with E-state index in [0.29, 0.717) is 41.3 Å². The monoisotopic (exact) mass is 459 g/mol. The number of ether oxygens (including phenoxy) is 1. The number of rotatable bonds is 7. The minimum absolute atomic E-state index is 0. The molecule has 2 heterocycles. The zero-order valence-corrected chi connectivity index (χ0v) is 18.8. The fourth-order valence-corrected chi connectivity index (χ4v) is 3.60. The van der Waals surface area contributed by atoms with Gasteiger partial charge in [-0.05, 0) is 68.1 Å². The number of pyridine rings is 1. The summed E-state index contributed by atoms with van der Waals surface area (Å²) < 4.78 is 5.71. The van der Waals surface area contributed by atoms with Crippen molar-refractivity contribution in [2.45, 2.75) is 32.8 Å². The number of halogens is 3.